The number of aliphatic hydroxyl groups is 1. The smallest absolute Gasteiger partial charge is 0.317 e. The fourth-order valence-electron chi connectivity index (χ4n) is 3.82. The first kappa shape index (κ1) is 22.4. The average molecular weight is 457 g/mol. The number of benzene rings is 1. The van der Waals surface area contributed by atoms with Gasteiger partial charge in [-0.05, 0) is 39.0 Å². The highest BCUT2D eigenvalue weighted by molar-refractivity contribution is 9.10. The summed E-state index contributed by atoms with van der Waals surface area (Å²) >= 11 is 3.38. The lowest BCUT2D eigenvalue weighted by atomic mass is 9.61. The van der Waals surface area contributed by atoms with E-state index in [4.69, 9.17) is 14.2 Å². The van der Waals surface area contributed by atoms with Crippen molar-refractivity contribution in [1.29, 1.82) is 0 Å². The van der Waals surface area contributed by atoms with Crippen molar-refractivity contribution in [2.24, 2.45) is 11.8 Å². The van der Waals surface area contributed by atoms with E-state index in [2.05, 4.69) is 15.9 Å². The molecule has 0 radical (unpaired) electrons. The molecular weight excluding hydrogens is 432 g/mol. The zero-order valence-corrected chi connectivity index (χ0v) is 17.9. The van der Waals surface area contributed by atoms with E-state index in [1.54, 1.807) is 32.0 Å². The van der Waals surface area contributed by atoms with Gasteiger partial charge >= 0.3 is 11.9 Å². The molecule has 154 valence electrons. The van der Waals surface area contributed by atoms with Crippen LogP contribution in [-0.2, 0) is 23.9 Å². The molecule has 1 aromatic rings. The zero-order chi connectivity index (χ0) is 21.1. The van der Waals surface area contributed by atoms with E-state index in [0.717, 1.165) is 0 Å². The molecule has 0 saturated heterocycles. The highest BCUT2D eigenvalue weighted by Crippen LogP contribution is 2.49. The minimum absolute atomic E-state index is 0.0887. The van der Waals surface area contributed by atoms with Gasteiger partial charge in [0.1, 0.15) is 11.7 Å². The molecule has 0 unspecified atom stereocenters. The van der Waals surface area contributed by atoms with Gasteiger partial charge < -0.3 is 19.3 Å². The maximum atomic E-state index is 12.9. The van der Waals surface area contributed by atoms with Gasteiger partial charge in [0.25, 0.3) is 0 Å². The van der Waals surface area contributed by atoms with Crippen molar-refractivity contribution in [3.8, 4) is 5.75 Å². The molecule has 1 aliphatic rings. The molecule has 28 heavy (non-hydrogen) atoms. The van der Waals surface area contributed by atoms with Gasteiger partial charge in [-0.15, -0.1) is 0 Å². The van der Waals surface area contributed by atoms with Gasteiger partial charge in [-0.25, -0.2) is 0 Å². The summed E-state index contributed by atoms with van der Waals surface area (Å²) in [5, 5.41) is 11.0. The van der Waals surface area contributed by atoms with Crippen molar-refractivity contribution in [3.05, 3.63) is 28.2 Å². The van der Waals surface area contributed by atoms with E-state index < -0.39 is 41.1 Å². The lowest BCUT2D eigenvalue weighted by Crippen LogP contribution is -2.55. The van der Waals surface area contributed by atoms with Crippen molar-refractivity contribution >= 4 is 33.7 Å². The number of Topliss-reactive ketones (excluding diaryl/α,β-unsaturated/α-hetero) is 1. The van der Waals surface area contributed by atoms with Crippen LogP contribution in [0.3, 0.4) is 0 Å². The lowest BCUT2D eigenvalue weighted by molar-refractivity contribution is -0.172. The number of hydrogen-bond donors (Lipinski definition) is 1. The average Bonchev–Trinajstić information content (AvgIpc) is 2.60. The first-order chi connectivity index (χ1) is 13.2. The fourth-order valence-corrected chi connectivity index (χ4v) is 4.20. The topological polar surface area (TPSA) is 99.1 Å². The van der Waals surface area contributed by atoms with Crippen LogP contribution in [0.15, 0.2) is 22.7 Å². The van der Waals surface area contributed by atoms with Crippen LogP contribution in [0.25, 0.3) is 0 Å². The zero-order valence-electron chi connectivity index (χ0n) is 16.4. The van der Waals surface area contributed by atoms with Gasteiger partial charge in [0.05, 0.1) is 31.8 Å². The minimum Gasteiger partial charge on any atom is -0.496 e. The van der Waals surface area contributed by atoms with Crippen LogP contribution < -0.4 is 4.74 Å². The standard InChI is InChI=1S/C20H25BrO7/c1-5-27-18(23)16-13(22)10-20(3,25)17(19(24)28-6-2)15(16)12-9-11(21)7-8-14(12)26-4/h7-9,15-17,25H,5-6,10H2,1-4H3/t15-,16-,17+,20-/m0/s1. The molecule has 0 heterocycles. The van der Waals surface area contributed by atoms with Gasteiger partial charge in [0.2, 0.25) is 0 Å². The third kappa shape index (κ3) is 4.38. The van der Waals surface area contributed by atoms with E-state index in [9.17, 15) is 19.5 Å². The van der Waals surface area contributed by atoms with Crippen LogP contribution in [-0.4, -0.2) is 48.8 Å². The van der Waals surface area contributed by atoms with Crippen molar-refractivity contribution in [3.63, 3.8) is 0 Å². The van der Waals surface area contributed by atoms with E-state index in [1.807, 2.05) is 0 Å². The SMILES string of the molecule is CCOC(=O)[C@H]1C(=O)C[C@](C)(O)[C@@H](C(=O)OCC)[C@H]1c1cc(Br)ccc1OC. The Labute approximate surface area is 172 Å². The number of methoxy groups -OCH3 is 1. The van der Waals surface area contributed by atoms with E-state index in [1.165, 1.54) is 14.0 Å². The number of hydrogen-bond acceptors (Lipinski definition) is 7. The second-order valence-electron chi connectivity index (χ2n) is 6.87. The normalized spacial score (nSPS) is 27.2. The van der Waals surface area contributed by atoms with Crippen LogP contribution >= 0.6 is 15.9 Å². The van der Waals surface area contributed by atoms with Crippen LogP contribution in [0, 0.1) is 11.8 Å². The molecule has 0 aromatic heterocycles. The number of carbonyl (C=O) groups excluding carboxylic acids is 3. The number of ether oxygens (including phenoxy) is 3. The van der Waals surface area contributed by atoms with Crippen molar-refractivity contribution in [2.45, 2.75) is 38.7 Å². The molecule has 0 spiro atoms. The highest BCUT2D eigenvalue weighted by atomic mass is 79.9. The molecule has 1 aromatic carbocycles. The van der Waals surface area contributed by atoms with Gasteiger partial charge in [0.15, 0.2) is 5.78 Å². The molecular formula is C20H25BrO7. The van der Waals surface area contributed by atoms with Crippen molar-refractivity contribution < 1.29 is 33.7 Å². The summed E-state index contributed by atoms with van der Waals surface area (Å²) in [6.07, 6.45) is -0.354. The summed E-state index contributed by atoms with van der Waals surface area (Å²) in [7, 11) is 1.45. The Morgan fingerprint density at radius 3 is 2.39 bits per heavy atom. The molecule has 0 amide bonds. The maximum Gasteiger partial charge on any atom is 0.317 e. The first-order valence-electron chi connectivity index (χ1n) is 9.09. The fraction of sp³-hybridized carbons (Fsp3) is 0.550. The van der Waals surface area contributed by atoms with E-state index in [-0.39, 0.29) is 19.6 Å². The second kappa shape index (κ2) is 9.05. The Kier molecular flexibility index (Phi) is 7.22. The number of carbonyl (C=O) groups is 3. The van der Waals surface area contributed by atoms with Gasteiger partial charge in [-0.3, -0.25) is 14.4 Å². The highest BCUT2D eigenvalue weighted by Gasteiger charge is 2.57. The third-order valence-corrected chi connectivity index (χ3v) is 5.39. The number of esters is 2. The Balaban J connectivity index is 2.73. The monoisotopic (exact) mass is 456 g/mol. The van der Waals surface area contributed by atoms with Crippen LogP contribution in [0.4, 0.5) is 0 Å². The van der Waals surface area contributed by atoms with E-state index >= 15 is 0 Å². The van der Waals surface area contributed by atoms with Crippen molar-refractivity contribution in [2.75, 3.05) is 20.3 Å². The molecule has 0 aliphatic heterocycles. The second-order valence-corrected chi connectivity index (χ2v) is 7.79. The molecule has 1 saturated carbocycles. The summed E-state index contributed by atoms with van der Waals surface area (Å²) < 4.78 is 16.4. The van der Waals surface area contributed by atoms with Gasteiger partial charge in [-0.2, -0.15) is 0 Å². The molecule has 1 N–H and O–H groups in total. The Morgan fingerprint density at radius 2 is 1.82 bits per heavy atom. The van der Waals surface area contributed by atoms with E-state index in [0.29, 0.717) is 15.8 Å². The molecule has 8 heteroatoms. The summed E-state index contributed by atoms with van der Waals surface area (Å²) in [5.74, 6) is -4.91. The Morgan fingerprint density at radius 1 is 1.21 bits per heavy atom. The molecule has 0 bridgehead atoms. The molecule has 1 aliphatic carbocycles. The summed E-state index contributed by atoms with van der Waals surface area (Å²) in [4.78, 5) is 38.4. The largest absolute Gasteiger partial charge is 0.496 e. The summed E-state index contributed by atoms with van der Waals surface area (Å²) in [6, 6.07) is 5.08. The number of ketones is 1. The number of halogens is 1. The summed E-state index contributed by atoms with van der Waals surface area (Å²) in [5.41, 5.74) is -1.24. The molecule has 7 nitrogen and oxygen atoms in total. The number of rotatable bonds is 6. The maximum absolute atomic E-state index is 12.9. The first-order valence-corrected chi connectivity index (χ1v) is 9.89. The Hall–Kier alpha value is -1.93. The van der Waals surface area contributed by atoms with Gasteiger partial charge in [-0.1, -0.05) is 15.9 Å². The minimum atomic E-state index is -1.69. The van der Waals surface area contributed by atoms with Crippen LogP contribution in [0.5, 0.6) is 5.75 Å². The lowest BCUT2D eigenvalue weighted by Gasteiger charge is -2.43. The predicted molar refractivity (Wildman–Crippen MR) is 104 cm³/mol. The van der Waals surface area contributed by atoms with Crippen LogP contribution in [0.1, 0.15) is 38.7 Å². The van der Waals surface area contributed by atoms with Crippen molar-refractivity contribution in [1.82, 2.24) is 0 Å². The molecule has 2 rings (SSSR count). The quantitative estimate of drug-likeness (QED) is 0.518. The van der Waals surface area contributed by atoms with Crippen LogP contribution in [0.2, 0.25) is 0 Å². The molecule has 1 fully saturated rings. The summed E-state index contributed by atoms with van der Waals surface area (Å²) in [6.45, 7) is 4.89. The third-order valence-electron chi connectivity index (χ3n) is 4.90. The molecule has 4 atom stereocenters. The Bertz CT molecular complexity index is 759. The van der Waals surface area contributed by atoms with Gasteiger partial charge in [0, 0.05) is 22.4 Å². The predicted octanol–water partition coefficient (Wildman–Crippen LogP) is 2.62.